The zero-order chi connectivity index (χ0) is 25.7. The van der Waals surface area contributed by atoms with Gasteiger partial charge in [-0.05, 0) is 72.8 Å². The Kier molecular flexibility index (Phi) is 5.30. The SMILES string of the molecule is CC(C)c1ccc2c(c1)C(c1ccccc1)(c1ccccc1)c1cc(-c3cccc4ccccc34)ccc1-2. The van der Waals surface area contributed by atoms with Crippen LogP contribution in [0.15, 0.2) is 140 Å². The normalized spacial score (nSPS) is 13.4. The number of benzene rings is 6. The van der Waals surface area contributed by atoms with Crippen LogP contribution < -0.4 is 0 Å². The Morgan fingerprint density at radius 3 is 1.74 bits per heavy atom. The van der Waals surface area contributed by atoms with Crippen LogP contribution >= 0.6 is 0 Å². The van der Waals surface area contributed by atoms with Crippen LogP contribution in [0.1, 0.15) is 47.6 Å². The molecule has 0 atom stereocenters. The lowest BCUT2D eigenvalue weighted by Crippen LogP contribution is -2.28. The molecule has 38 heavy (non-hydrogen) atoms. The van der Waals surface area contributed by atoms with Crippen LogP contribution in [0.4, 0.5) is 0 Å². The highest BCUT2D eigenvalue weighted by molar-refractivity contribution is 5.98. The minimum atomic E-state index is -0.390. The van der Waals surface area contributed by atoms with Gasteiger partial charge in [0.1, 0.15) is 0 Å². The van der Waals surface area contributed by atoms with Crippen LogP contribution in [0.2, 0.25) is 0 Å². The van der Waals surface area contributed by atoms with Crippen molar-refractivity contribution in [2.24, 2.45) is 0 Å². The first kappa shape index (κ1) is 22.8. The van der Waals surface area contributed by atoms with Crippen molar-refractivity contribution >= 4 is 10.8 Å². The van der Waals surface area contributed by atoms with E-state index < -0.39 is 5.41 Å². The van der Waals surface area contributed by atoms with Crippen molar-refractivity contribution < 1.29 is 0 Å². The fraction of sp³-hybridized carbons (Fsp3) is 0.105. The molecule has 7 rings (SSSR count). The molecule has 6 aromatic carbocycles. The summed E-state index contributed by atoms with van der Waals surface area (Å²) in [6.07, 6.45) is 0. The maximum absolute atomic E-state index is 2.47. The average Bonchev–Trinajstić information content (AvgIpc) is 3.27. The van der Waals surface area contributed by atoms with Gasteiger partial charge in [0.15, 0.2) is 0 Å². The van der Waals surface area contributed by atoms with Crippen LogP contribution in [0, 0.1) is 0 Å². The van der Waals surface area contributed by atoms with Crippen molar-refractivity contribution in [3.8, 4) is 22.3 Å². The van der Waals surface area contributed by atoms with E-state index in [-0.39, 0.29) is 0 Å². The fourth-order valence-corrected chi connectivity index (χ4v) is 6.51. The van der Waals surface area contributed by atoms with Gasteiger partial charge in [0.2, 0.25) is 0 Å². The first-order valence-electron chi connectivity index (χ1n) is 13.6. The molecule has 6 aromatic rings. The van der Waals surface area contributed by atoms with Crippen molar-refractivity contribution in [1.29, 1.82) is 0 Å². The highest BCUT2D eigenvalue weighted by Gasteiger charge is 2.46. The van der Waals surface area contributed by atoms with Gasteiger partial charge in [-0.3, -0.25) is 0 Å². The zero-order valence-electron chi connectivity index (χ0n) is 21.9. The summed E-state index contributed by atoms with van der Waals surface area (Å²) in [5, 5.41) is 2.56. The van der Waals surface area contributed by atoms with Crippen LogP contribution in [-0.2, 0) is 5.41 Å². The third kappa shape index (κ3) is 3.30. The molecule has 0 unspecified atom stereocenters. The topological polar surface area (TPSA) is 0 Å². The zero-order valence-corrected chi connectivity index (χ0v) is 21.9. The van der Waals surface area contributed by atoms with E-state index in [0.29, 0.717) is 5.92 Å². The molecular formula is C38H30. The maximum atomic E-state index is 2.47. The van der Waals surface area contributed by atoms with Gasteiger partial charge in [0.05, 0.1) is 5.41 Å². The third-order valence-corrected chi connectivity index (χ3v) is 8.34. The van der Waals surface area contributed by atoms with Crippen molar-refractivity contribution in [3.05, 3.63) is 167 Å². The number of hydrogen-bond acceptors (Lipinski definition) is 0. The smallest absolute Gasteiger partial charge is 0.0622 e. The summed E-state index contributed by atoms with van der Waals surface area (Å²) in [4.78, 5) is 0. The van der Waals surface area contributed by atoms with E-state index in [1.807, 2.05) is 0 Å². The summed E-state index contributed by atoms with van der Waals surface area (Å²) in [5.41, 5.74) is 11.5. The summed E-state index contributed by atoms with van der Waals surface area (Å²) >= 11 is 0. The Hall–Kier alpha value is -4.42. The summed E-state index contributed by atoms with van der Waals surface area (Å²) in [7, 11) is 0. The number of fused-ring (bicyclic) bond motifs is 4. The summed E-state index contributed by atoms with van der Waals surface area (Å²) < 4.78 is 0. The predicted octanol–water partition coefficient (Wildman–Crippen LogP) is 9.99. The highest BCUT2D eigenvalue weighted by Crippen LogP contribution is 2.57. The minimum absolute atomic E-state index is 0.390. The average molecular weight is 487 g/mol. The molecule has 1 aliphatic rings. The van der Waals surface area contributed by atoms with Crippen LogP contribution in [-0.4, -0.2) is 0 Å². The lowest BCUT2D eigenvalue weighted by Gasteiger charge is -2.34. The summed E-state index contributed by atoms with van der Waals surface area (Å²) in [6.45, 7) is 4.57. The fourth-order valence-electron chi connectivity index (χ4n) is 6.51. The summed E-state index contributed by atoms with van der Waals surface area (Å²) in [6, 6.07) is 51.8. The lowest BCUT2D eigenvalue weighted by molar-refractivity contribution is 0.762. The van der Waals surface area contributed by atoms with Gasteiger partial charge in [-0.15, -0.1) is 0 Å². The molecule has 0 heterocycles. The minimum Gasteiger partial charge on any atom is -0.0622 e. The molecule has 0 heteroatoms. The quantitative estimate of drug-likeness (QED) is 0.232. The Bertz CT molecular complexity index is 1730. The van der Waals surface area contributed by atoms with E-state index in [4.69, 9.17) is 0 Å². The number of hydrogen-bond donors (Lipinski definition) is 0. The molecule has 0 aromatic heterocycles. The molecule has 1 aliphatic carbocycles. The van der Waals surface area contributed by atoms with Gasteiger partial charge < -0.3 is 0 Å². The van der Waals surface area contributed by atoms with E-state index in [1.165, 1.54) is 60.8 Å². The molecule has 0 fully saturated rings. The highest BCUT2D eigenvalue weighted by atomic mass is 14.5. The Balaban J connectivity index is 1.60. The molecule has 0 saturated carbocycles. The van der Waals surface area contributed by atoms with Crippen molar-refractivity contribution in [2.75, 3.05) is 0 Å². The van der Waals surface area contributed by atoms with Gasteiger partial charge in [0, 0.05) is 0 Å². The summed E-state index contributed by atoms with van der Waals surface area (Å²) in [5.74, 6) is 0.458. The van der Waals surface area contributed by atoms with Gasteiger partial charge >= 0.3 is 0 Å². The third-order valence-electron chi connectivity index (χ3n) is 8.34. The molecule has 0 bridgehead atoms. The largest absolute Gasteiger partial charge is 0.0713 e. The van der Waals surface area contributed by atoms with Gasteiger partial charge in [-0.1, -0.05) is 147 Å². The second-order valence-corrected chi connectivity index (χ2v) is 10.7. The van der Waals surface area contributed by atoms with Crippen LogP contribution in [0.25, 0.3) is 33.0 Å². The first-order valence-corrected chi connectivity index (χ1v) is 13.6. The molecule has 0 spiro atoms. The molecule has 0 N–H and O–H groups in total. The molecule has 0 radical (unpaired) electrons. The Morgan fingerprint density at radius 2 is 1.05 bits per heavy atom. The molecule has 0 amide bonds. The number of rotatable bonds is 4. The first-order chi connectivity index (χ1) is 18.7. The molecule has 0 nitrogen and oxygen atoms in total. The van der Waals surface area contributed by atoms with Crippen LogP contribution in [0.3, 0.4) is 0 Å². The monoisotopic (exact) mass is 486 g/mol. The van der Waals surface area contributed by atoms with Crippen molar-refractivity contribution in [2.45, 2.75) is 25.2 Å². The van der Waals surface area contributed by atoms with E-state index >= 15 is 0 Å². The van der Waals surface area contributed by atoms with Crippen LogP contribution in [0.5, 0.6) is 0 Å². The van der Waals surface area contributed by atoms with Crippen molar-refractivity contribution in [3.63, 3.8) is 0 Å². The Labute approximate surface area is 225 Å². The molecule has 0 aliphatic heterocycles. The molecule has 182 valence electrons. The lowest BCUT2D eigenvalue weighted by atomic mass is 9.67. The van der Waals surface area contributed by atoms with Gasteiger partial charge in [-0.25, -0.2) is 0 Å². The van der Waals surface area contributed by atoms with Crippen molar-refractivity contribution in [1.82, 2.24) is 0 Å². The van der Waals surface area contributed by atoms with E-state index in [9.17, 15) is 0 Å². The van der Waals surface area contributed by atoms with E-state index in [0.717, 1.165) is 0 Å². The van der Waals surface area contributed by atoms with Gasteiger partial charge in [-0.2, -0.15) is 0 Å². The van der Waals surface area contributed by atoms with E-state index in [2.05, 4.69) is 153 Å². The second-order valence-electron chi connectivity index (χ2n) is 10.7. The van der Waals surface area contributed by atoms with Gasteiger partial charge in [0.25, 0.3) is 0 Å². The van der Waals surface area contributed by atoms with E-state index in [1.54, 1.807) is 0 Å². The standard InChI is InChI=1S/C38H30/c1-26(2)28-20-22-34-35-23-21-29(33-19-11-13-27-12-9-10-18-32(27)33)25-37(35)38(36(34)24-28,30-14-5-3-6-15-30)31-16-7-4-8-17-31/h3-26H,1-2H3. The molecule has 0 saturated heterocycles. The molecular weight excluding hydrogens is 456 g/mol. The second kappa shape index (κ2) is 8.85. The Morgan fingerprint density at radius 1 is 0.474 bits per heavy atom. The maximum Gasteiger partial charge on any atom is 0.0713 e. The predicted molar refractivity (Wildman–Crippen MR) is 161 cm³/mol.